The summed E-state index contributed by atoms with van der Waals surface area (Å²) >= 11 is 6.22. The summed E-state index contributed by atoms with van der Waals surface area (Å²) in [6.07, 6.45) is 5.44. The van der Waals surface area contributed by atoms with E-state index in [1.165, 1.54) is 25.7 Å². The second-order valence-electron chi connectivity index (χ2n) is 5.53. The molecule has 0 radical (unpaired) electrons. The van der Waals surface area contributed by atoms with Gasteiger partial charge >= 0.3 is 0 Å². The molecule has 1 atom stereocenters. The van der Waals surface area contributed by atoms with Gasteiger partial charge in [-0.1, -0.05) is 24.4 Å². The number of ether oxygens (including phenoxy) is 2. The molecular formula is C16H24ClNO2. The lowest BCUT2D eigenvalue weighted by Crippen LogP contribution is -2.31. The highest BCUT2D eigenvalue weighted by Crippen LogP contribution is 2.36. The third-order valence-corrected chi connectivity index (χ3v) is 4.51. The minimum Gasteiger partial charge on any atom is -0.493 e. The van der Waals surface area contributed by atoms with Crippen LogP contribution in [0.2, 0.25) is 5.02 Å². The molecule has 0 amide bonds. The fourth-order valence-corrected chi connectivity index (χ4v) is 3.29. The fraction of sp³-hybridized carbons (Fsp3) is 0.625. The molecule has 1 aliphatic carbocycles. The topological polar surface area (TPSA) is 30.5 Å². The molecule has 0 aromatic heterocycles. The SMILES string of the molecule is COc1cc(CNC(C)C2CCCC2)cc(Cl)c1OC. The zero-order valence-corrected chi connectivity index (χ0v) is 13.3. The molecule has 0 bridgehead atoms. The predicted octanol–water partition coefficient (Wildman–Crippen LogP) is 4.03. The molecule has 1 aromatic rings. The van der Waals surface area contributed by atoms with Crippen molar-refractivity contribution >= 4 is 11.6 Å². The molecule has 3 nitrogen and oxygen atoms in total. The normalized spacial score (nSPS) is 17.2. The second kappa shape index (κ2) is 7.19. The Morgan fingerprint density at radius 1 is 1.25 bits per heavy atom. The van der Waals surface area contributed by atoms with E-state index >= 15 is 0 Å². The molecule has 1 N–H and O–H groups in total. The summed E-state index contributed by atoms with van der Waals surface area (Å²) in [5, 5.41) is 4.20. The van der Waals surface area contributed by atoms with Crippen molar-refractivity contribution in [1.29, 1.82) is 0 Å². The minimum absolute atomic E-state index is 0.546. The third-order valence-electron chi connectivity index (χ3n) is 4.23. The first-order valence-corrected chi connectivity index (χ1v) is 7.67. The lowest BCUT2D eigenvalue weighted by Gasteiger charge is -2.21. The summed E-state index contributed by atoms with van der Waals surface area (Å²) < 4.78 is 10.6. The highest BCUT2D eigenvalue weighted by Gasteiger charge is 2.21. The molecule has 1 saturated carbocycles. The largest absolute Gasteiger partial charge is 0.493 e. The smallest absolute Gasteiger partial charge is 0.179 e. The van der Waals surface area contributed by atoms with Gasteiger partial charge in [-0.3, -0.25) is 0 Å². The number of nitrogens with one attached hydrogen (secondary N) is 1. The average molecular weight is 298 g/mol. The lowest BCUT2D eigenvalue weighted by molar-refractivity contribution is 0.353. The van der Waals surface area contributed by atoms with Crippen molar-refractivity contribution in [3.8, 4) is 11.5 Å². The second-order valence-corrected chi connectivity index (χ2v) is 5.93. The van der Waals surface area contributed by atoms with Crippen molar-refractivity contribution in [2.45, 2.75) is 45.2 Å². The van der Waals surface area contributed by atoms with Crippen LogP contribution in [-0.4, -0.2) is 20.3 Å². The van der Waals surface area contributed by atoms with Gasteiger partial charge in [-0.05, 0) is 43.4 Å². The van der Waals surface area contributed by atoms with Crippen LogP contribution < -0.4 is 14.8 Å². The molecule has 0 aliphatic heterocycles. The molecule has 0 spiro atoms. The van der Waals surface area contributed by atoms with E-state index in [4.69, 9.17) is 21.1 Å². The number of halogens is 1. The van der Waals surface area contributed by atoms with Crippen LogP contribution in [0.15, 0.2) is 12.1 Å². The Morgan fingerprint density at radius 2 is 1.95 bits per heavy atom. The van der Waals surface area contributed by atoms with Crippen LogP contribution in [0.5, 0.6) is 11.5 Å². The fourth-order valence-electron chi connectivity index (χ4n) is 2.98. The zero-order chi connectivity index (χ0) is 14.5. The average Bonchev–Trinajstić information content (AvgIpc) is 2.98. The quantitative estimate of drug-likeness (QED) is 0.860. The van der Waals surface area contributed by atoms with E-state index in [1.807, 2.05) is 12.1 Å². The van der Waals surface area contributed by atoms with Crippen molar-refractivity contribution in [2.24, 2.45) is 5.92 Å². The maximum absolute atomic E-state index is 6.22. The Bertz CT molecular complexity index is 444. The monoisotopic (exact) mass is 297 g/mol. The van der Waals surface area contributed by atoms with Crippen molar-refractivity contribution in [2.75, 3.05) is 14.2 Å². The van der Waals surface area contributed by atoms with Gasteiger partial charge in [0.15, 0.2) is 11.5 Å². The Labute approximate surface area is 126 Å². The van der Waals surface area contributed by atoms with E-state index < -0.39 is 0 Å². The lowest BCUT2D eigenvalue weighted by atomic mass is 9.99. The zero-order valence-electron chi connectivity index (χ0n) is 12.5. The van der Waals surface area contributed by atoms with E-state index in [9.17, 15) is 0 Å². The van der Waals surface area contributed by atoms with Crippen LogP contribution in [0.4, 0.5) is 0 Å². The number of benzene rings is 1. The minimum atomic E-state index is 0.546. The van der Waals surface area contributed by atoms with Gasteiger partial charge in [0, 0.05) is 12.6 Å². The van der Waals surface area contributed by atoms with Gasteiger partial charge < -0.3 is 14.8 Å². The first kappa shape index (κ1) is 15.5. The summed E-state index contributed by atoms with van der Waals surface area (Å²) in [5.74, 6) is 2.10. The van der Waals surface area contributed by atoms with E-state index in [2.05, 4.69) is 12.2 Å². The van der Waals surface area contributed by atoms with Crippen LogP contribution in [0.25, 0.3) is 0 Å². The first-order valence-electron chi connectivity index (χ1n) is 7.29. The first-order chi connectivity index (χ1) is 9.65. The van der Waals surface area contributed by atoms with Crippen LogP contribution >= 0.6 is 11.6 Å². The molecule has 1 unspecified atom stereocenters. The maximum Gasteiger partial charge on any atom is 0.179 e. The Balaban J connectivity index is 2.00. The molecule has 1 fully saturated rings. The maximum atomic E-state index is 6.22. The molecule has 20 heavy (non-hydrogen) atoms. The Hall–Kier alpha value is -0.930. The molecule has 112 valence electrons. The molecule has 1 aromatic carbocycles. The Kier molecular flexibility index (Phi) is 5.55. The van der Waals surface area contributed by atoms with Crippen molar-refractivity contribution in [1.82, 2.24) is 5.32 Å². The van der Waals surface area contributed by atoms with Gasteiger partial charge in [0.2, 0.25) is 0 Å². The summed E-state index contributed by atoms with van der Waals surface area (Å²) in [4.78, 5) is 0. The van der Waals surface area contributed by atoms with Crippen molar-refractivity contribution in [3.05, 3.63) is 22.7 Å². The summed E-state index contributed by atoms with van der Waals surface area (Å²) in [6.45, 7) is 3.08. The number of hydrogen-bond donors (Lipinski definition) is 1. The van der Waals surface area contributed by atoms with E-state index in [1.54, 1.807) is 14.2 Å². The molecule has 1 aliphatic rings. The molecule has 4 heteroatoms. The highest BCUT2D eigenvalue weighted by atomic mass is 35.5. The standard InChI is InChI=1S/C16H24ClNO2/c1-11(13-6-4-5-7-13)18-10-12-8-14(17)16(20-3)15(9-12)19-2/h8-9,11,13,18H,4-7,10H2,1-3H3. The highest BCUT2D eigenvalue weighted by molar-refractivity contribution is 6.32. The van der Waals surface area contributed by atoms with E-state index in [0.717, 1.165) is 18.0 Å². The van der Waals surface area contributed by atoms with Gasteiger partial charge in [-0.25, -0.2) is 0 Å². The van der Waals surface area contributed by atoms with Crippen LogP contribution in [0, 0.1) is 5.92 Å². The van der Waals surface area contributed by atoms with Crippen LogP contribution in [-0.2, 0) is 6.54 Å². The summed E-state index contributed by atoms with van der Waals surface area (Å²) in [7, 11) is 3.23. The van der Waals surface area contributed by atoms with Crippen molar-refractivity contribution in [3.63, 3.8) is 0 Å². The molecule has 0 heterocycles. The summed E-state index contributed by atoms with van der Waals surface area (Å²) in [6, 6.07) is 4.47. The van der Waals surface area contributed by atoms with Gasteiger partial charge in [0.25, 0.3) is 0 Å². The molecule has 0 saturated heterocycles. The van der Waals surface area contributed by atoms with E-state index in [-0.39, 0.29) is 0 Å². The number of methoxy groups -OCH3 is 2. The number of rotatable bonds is 6. The van der Waals surface area contributed by atoms with Gasteiger partial charge in [0.05, 0.1) is 19.2 Å². The van der Waals surface area contributed by atoms with Crippen LogP contribution in [0.3, 0.4) is 0 Å². The van der Waals surface area contributed by atoms with E-state index in [0.29, 0.717) is 22.6 Å². The van der Waals surface area contributed by atoms with Gasteiger partial charge in [0.1, 0.15) is 0 Å². The van der Waals surface area contributed by atoms with Crippen LogP contribution in [0.1, 0.15) is 38.2 Å². The number of hydrogen-bond acceptors (Lipinski definition) is 3. The summed E-state index contributed by atoms with van der Waals surface area (Å²) in [5.41, 5.74) is 1.12. The molecular weight excluding hydrogens is 274 g/mol. The van der Waals surface area contributed by atoms with Gasteiger partial charge in [-0.15, -0.1) is 0 Å². The van der Waals surface area contributed by atoms with Gasteiger partial charge in [-0.2, -0.15) is 0 Å². The molecule has 2 rings (SSSR count). The van der Waals surface area contributed by atoms with Crippen molar-refractivity contribution < 1.29 is 9.47 Å². The third kappa shape index (κ3) is 3.58. The Morgan fingerprint density at radius 3 is 2.55 bits per heavy atom. The predicted molar refractivity (Wildman–Crippen MR) is 82.8 cm³/mol.